The molecule has 0 saturated carbocycles. The smallest absolute Gasteiger partial charge is 0.344 e. The molecule has 132 valence electrons. The van der Waals surface area contributed by atoms with Crippen molar-refractivity contribution in [1.29, 1.82) is 0 Å². The van der Waals surface area contributed by atoms with E-state index in [0.29, 0.717) is 12.2 Å². The largest absolute Gasteiger partial charge is 0.462 e. The Balaban J connectivity index is 2.38. The third kappa shape index (κ3) is 3.31. The molecule has 0 amide bonds. The number of aromatic nitrogens is 1. The summed E-state index contributed by atoms with van der Waals surface area (Å²) in [4.78, 5) is 25.4. The number of hydrogen-bond acceptors (Lipinski definition) is 3. The molecule has 3 aromatic rings. The Labute approximate surface area is 152 Å². The molecule has 0 aliphatic carbocycles. The van der Waals surface area contributed by atoms with Crippen molar-refractivity contribution in [3.63, 3.8) is 0 Å². The highest BCUT2D eigenvalue weighted by molar-refractivity contribution is 5.97. The molecule has 0 bridgehead atoms. The van der Waals surface area contributed by atoms with Crippen LogP contribution in [-0.4, -0.2) is 17.1 Å². The molecule has 0 radical (unpaired) electrons. The molecular weight excluding hydrogens is 326 g/mol. The maximum absolute atomic E-state index is 12.9. The number of pyridine rings is 1. The molecule has 4 nitrogen and oxygen atoms in total. The summed E-state index contributed by atoms with van der Waals surface area (Å²) >= 11 is 0. The van der Waals surface area contributed by atoms with E-state index in [2.05, 4.69) is 0 Å². The Bertz CT molecular complexity index is 960. The summed E-state index contributed by atoms with van der Waals surface area (Å²) in [5.74, 6) is -0.585. The van der Waals surface area contributed by atoms with Crippen LogP contribution >= 0.6 is 0 Å². The number of benzene rings is 2. The highest BCUT2D eigenvalue weighted by Crippen LogP contribution is 2.28. The van der Waals surface area contributed by atoms with Crippen LogP contribution in [0.15, 0.2) is 71.5 Å². The Morgan fingerprint density at radius 1 is 0.923 bits per heavy atom. The van der Waals surface area contributed by atoms with Crippen molar-refractivity contribution in [2.45, 2.75) is 20.4 Å². The third-order valence-corrected chi connectivity index (χ3v) is 4.22. The van der Waals surface area contributed by atoms with Crippen LogP contribution in [0.4, 0.5) is 0 Å². The number of esters is 1. The zero-order valence-electron chi connectivity index (χ0n) is 14.9. The third-order valence-electron chi connectivity index (χ3n) is 4.22. The summed E-state index contributed by atoms with van der Waals surface area (Å²) in [6, 6.07) is 20.7. The molecule has 26 heavy (non-hydrogen) atoms. The van der Waals surface area contributed by atoms with Gasteiger partial charge in [0.2, 0.25) is 0 Å². The SMILES string of the molecule is CCOC(=O)c1c(-c2ccccc2)n(CC)c(-c2ccccc2)cc1=O. The lowest BCUT2D eigenvalue weighted by Gasteiger charge is -2.20. The fraction of sp³-hybridized carbons (Fsp3) is 0.182. The van der Waals surface area contributed by atoms with E-state index in [-0.39, 0.29) is 17.6 Å². The molecule has 0 atom stereocenters. The fourth-order valence-corrected chi connectivity index (χ4v) is 3.12. The molecule has 0 fully saturated rings. The van der Waals surface area contributed by atoms with E-state index in [1.807, 2.05) is 72.2 Å². The predicted molar refractivity (Wildman–Crippen MR) is 103 cm³/mol. The first-order valence-corrected chi connectivity index (χ1v) is 8.73. The average molecular weight is 347 g/mol. The van der Waals surface area contributed by atoms with E-state index in [1.54, 1.807) is 6.92 Å². The van der Waals surface area contributed by atoms with Gasteiger partial charge in [-0.2, -0.15) is 0 Å². The van der Waals surface area contributed by atoms with Crippen LogP contribution < -0.4 is 5.43 Å². The van der Waals surface area contributed by atoms with E-state index >= 15 is 0 Å². The predicted octanol–water partition coefficient (Wildman–Crippen LogP) is 4.38. The zero-order valence-corrected chi connectivity index (χ0v) is 14.9. The van der Waals surface area contributed by atoms with Gasteiger partial charge in [-0.3, -0.25) is 4.79 Å². The molecule has 0 spiro atoms. The van der Waals surface area contributed by atoms with Crippen molar-refractivity contribution in [3.05, 3.63) is 82.5 Å². The van der Waals surface area contributed by atoms with Crippen molar-refractivity contribution in [2.24, 2.45) is 0 Å². The van der Waals surface area contributed by atoms with Crippen LogP contribution in [0, 0.1) is 0 Å². The monoisotopic (exact) mass is 347 g/mol. The summed E-state index contributed by atoms with van der Waals surface area (Å²) in [7, 11) is 0. The van der Waals surface area contributed by atoms with Crippen LogP contribution in [0.2, 0.25) is 0 Å². The first kappa shape index (κ1) is 17.7. The van der Waals surface area contributed by atoms with Crippen LogP contribution in [0.5, 0.6) is 0 Å². The second-order valence-electron chi connectivity index (χ2n) is 5.81. The number of hydrogen-bond donors (Lipinski definition) is 0. The summed E-state index contributed by atoms with van der Waals surface area (Å²) < 4.78 is 7.16. The molecule has 0 saturated heterocycles. The standard InChI is InChI=1S/C22H21NO3/c1-3-23-18(16-11-7-5-8-12-16)15-19(24)20(22(25)26-4-2)21(23)17-13-9-6-10-14-17/h5-15H,3-4H2,1-2H3. The minimum absolute atomic E-state index is 0.0829. The lowest BCUT2D eigenvalue weighted by Crippen LogP contribution is -2.23. The van der Waals surface area contributed by atoms with Gasteiger partial charge in [-0.05, 0) is 25.0 Å². The van der Waals surface area contributed by atoms with Crippen molar-refractivity contribution >= 4 is 5.97 Å². The fourth-order valence-electron chi connectivity index (χ4n) is 3.12. The molecule has 0 N–H and O–H groups in total. The van der Waals surface area contributed by atoms with Gasteiger partial charge in [-0.15, -0.1) is 0 Å². The Morgan fingerprint density at radius 2 is 1.50 bits per heavy atom. The lowest BCUT2D eigenvalue weighted by molar-refractivity contribution is 0.0525. The van der Waals surface area contributed by atoms with Crippen molar-refractivity contribution in [2.75, 3.05) is 6.61 Å². The quantitative estimate of drug-likeness (QED) is 0.644. The molecule has 0 aliphatic heterocycles. The summed E-state index contributed by atoms with van der Waals surface area (Å²) in [5, 5.41) is 0. The molecule has 3 rings (SSSR count). The van der Waals surface area contributed by atoms with Crippen LogP contribution in [0.3, 0.4) is 0 Å². The minimum Gasteiger partial charge on any atom is -0.462 e. The van der Waals surface area contributed by atoms with Crippen LogP contribution in [-0.2, 0) is 11.3 Å². The zero-order chi connectivity index (χ0) is 18.5. The van der Waals surface area contributed by atoms with Gasteiger partial charge in [0.15, 0.2) is 5.43 Å². The topological polar surface area (TPSA) is 48.3 Å². The van der Waals surface area contributed by atoms with Crippen molar-refractivity contribution in [3.8, 4) is 22.5 Å². The van der Waals surface area contributed by atoms with Gasteiger partial charge in [-0.25, -0.2) is 4.79 Å². The van der Waals surface area contributed by atoms with Gasteiger partial charge in [0.25, 0.3) is 0 Å². The average Bonchev–Trinajstić information content (AvgIpc) is 2.68. The normalized spacial score (nSPS) is 10.5. The number of nitrogens with zero attached hydrogens (tertiary/aromatic N) is 1. The molecule has 0 unspecified atom stereocenters. The van der Waals surface area contributed by atoms with Crippen molar-refractivity contribution in [1.82, 2.24) is 4.57 Å². The molecule has 1 heterocycles. The maximum Gasteiger partial charge on any atom is 0.344 e. The van der Waals surface area contributed by atoms with Gasteiger partial charge in [0, 0.05) is 12.6 Å². The lowest BCUT2D eigenvalue weighted by atomic mass is 10.0. The first-order chi connectivity index (χ1) is 12.7. The highest BCUT2D eigenvalue weighted by atomic mass is 16.5. The minimum atomic E-state index is -0.585. The molecule has 4 heteroatoms. The number of carbonyl (C=O) groups excluding carboxylic acids is 1. The van der Waals surface area contributed by atoms with Gasteiger partial charge in [0.1, 0.15) is 5.56 Å². The van der Waals surface area contributed by atoms with E-state index in [0.717, 1.165) is 16.8 Å². The first-order valence-electron chi connectivity index (χ1n) is 8.73. The van der Waals surface area contributed by atoms with Gasteiger partial charge in [0.05, 0.1) is 18.0 Å². The van der Waals surface area contributed by atoms with E-state index in [4.69, 9.17) is 4.74 Å². The number of ether oxygens (including phenoxy) is 1. The maximum atomic E-state index is 12.9. The number of rotatable bonds is 5. The Morgan fingerprint density at radius 3 is 2.04 bits per heavy atom. The Kier molecular flexibility index (Phi) is 5.32. The second-order valence-corrected chi connectivity index (χ2v) is 5.81. The van der Waals surface area contributed by atoms with Gasteiger partial charge in [-0.1, -0.05) is 60.7 Å². The van der Waals surface area contributed by atoms with Crippen LogP contribution in [0.1, 0.15) is 24.2 Å². The Hall–Kier alpha value is -3.14. The van der Waals surface area contributed by atoms with Gasteiger partial charge < -0.3 is 9.30 Å². The molecule has 0 aliphatic rings. The molecular formula is C22H21NO3. The van der Waals surface area contributed by atoms with Crippen LogP contribution in [0.25, 0.3) is 22.5 Å². The summed E-state index contributed by atoms with van der Waals surface area (Å²) in [6.45, 7) is 4.56. The van der Waals surface area contributed by atoms with E-state index < -0.39 is 5.97 Å². The molecule has 1 aromatic heterocycles. The van der Waals surface area contributed by atoms with Gasteiger partial charge >= 0.3 is 5.97 Å². The summed E-state index contributed by atoms with van der Waals surface area (Å²) in [5.41, 5.74) is 2.87. The summed E-state index contributed by atoms with van der Waals surface area (Å²) in [6.07, 6.45) is 0. The highest BCUT2D eigenvalue weighted by Gasteiger charge is 2.23. The van der Waals surface area contributed by atoms with E-state index in [9.17, 15) is 9.59 Å². The van der Waals surface area contributed by atoms with Crippen molar-refractivity contribution < 1.29 is 9.53 Å². The van der Waals surface area contributed by atoms with E-state index in [1.165, 1.54) is 6.07 Å². The number of carbonyl (C=O) groups is 1. The molecule has 2 aromatic carbocycles. The second kappa shape index (κ2) is 7.83.